The first kappa shape index (κ1) is 14.5. The van der Waals surface area contributed by atoms with E-state index in [9.17, 15) is 0 Å². The van der Waals surface area contributed by atoms with E-state index in [4.69, 9.17) is 20.8 Å². The fourth-order valence-electron chi connectivity index (χ4n) is 1.85. The van der Waals surface area contributed by atoms with Gasteiger partial charge in [-0.25, -0.2) is 0 Å². The fraction of sp³-hybridized carbons (Fsp3) is 0.500. The van der Waals surface area contributed by atoms with Crippen molar-refractivity contribution in [2.45, 2.75) is 38.3 Å². The Bertz CT molecular complexity index is 424. The van der Waals surface area contributed by atoms with Gasteiger partial charge in [0.15, 0.2) is 0 Å². The molecule has 1 aromatic rings. The van der Waals surface area contributed by atoms with Crippen LogP contribution in [0.1, 0.15) is 25.8 Å². The molecule has 0 amide bonds. The Morgan fingerprint density at radius 2 is 2.17 bits per heavy atom. The van der Waals surface area contributed by atoms with Gasteiger partial charge in [0.2, 0.25) is 0 Å². The minimum Gasteiger partial charge on any atom is -0.490 e. The average Bonchev–Trinajstić information content (AvgIpc) is 2.31. The largest absolute Gasteiger partial charge is 0.490 e. The van der Waals surface area contributed by atoms with Crippen LogP contribution in [0.3, 0.4) is 0 Å². The van der Waals surface area contributed by atoms with Crippen LogP contribution < -0.4 is 10.5 Å². The number of aliphatic hydroxyl groups excluding tert-OH is 1. The van der Waals surface area contributed by atoms with Gasteiger partial charge in [0.1, 0.15) is 11.3 Å². The summed E-state index contributed by atoms with van der Waals surface area (Å²) in [4.78, 5) is 0. The standard InChI is InChI=1S/C14H20N2O2/c1-11(9-14(2,16)10-15)18-13-6-4-3-5-12(13)7-8-17/h3-6,11,17H,7-9,16H2,1-2H3. The third-order valence-electron chi connectivity index (χ3n) is 2.65. The topological polar surface area (TPSA) is 79.3 Å². The molecule has 0 fully saturated rings. The summed E-state index contributed by atoms with van der Waals surface area (Å²) in [6.07, 6.45) is 0.859. The van der Waals surface area contributed by atoms with E-state index in [2.05, 4.69) is 6.07 Å². The van der Waals surface area contributed by atoms with Gasteiger partial charge in [-0.3, -0.25) is 0 Å². The molecule has 3 N–H and O–H groups in total. The van der Waals surface area contributed by atoms with Gasteiger partial charge < -0.3 is 15.6 Å². The van der Waals surface area contributed by atoms with Gasteiger partial charge in [-0.05, 0) is 31.9 Å². The summed E-state index contributed by atoms with van der Waals surface area (Å²) in [5.74, 6) is 0.743. The van der Waals surface area contributed by atoms with E-state index in [1.165, 1.54) is 0 Å². The molecule has 1 rings (SSSR count). The second-order valence-corrected chi connectivity index (χ2v) is 4.74. The molecular weight excluding hydrogens is 228 g/mol. The van der Waals surface area contributed by atoms with Gasteiger partial charge in [-0.15, -0.1) is 0 Å². The molecule has 0 heterocycles. The summed E-state index contributed by atoms with van der Waals surface area (Å²) >= 11 is 0. The lowest BCUT2D eigenvalue weighted by atomic mass is 9.98. The average molecular weight is 248 g/mol. The van der Waals surface area contributed by atoms with Gasteiger partial charge in [-0.2, -0.15) is 5.26 Å². The maximum Gasteiger partial charge on any atom is 0.122 e. The highest BCUT2D eigenvalue weighted by Crippen LogP contribution is 2.22. The smallest absolute Gasteiger partial charge is 0.122 e. The Kier molecular flexibility index (Phi) is 5.14. The number of rotatable bonds is 6. The molecule has 0 aliphatic heterocycles. The molecule has 0 aliphatic carbocycles. The van der Waals surface area contributed by atoms with Crippen LogP contribution >= 0.6 is 0 Å². The molecule has 0 saturated carbocycles. The molecule has 4 heteroatoms. The number of hydrogen-bond acceptors (Lipinski definition) is 4. The number of nitriles is 1. The van der Waals surface area contributed by atoms with Crippen LogP contribution in [-0.2, 0) is 6.42 Å². The zero-order valence-corrected chi connectivity index (χ0v) is 10.9. The summed E-state index contributed by atoms with van der Waals surface area (Å²) in [5, 5.41) is 17.9. The number of nitrogens with zero attached hydrogens (tertiary/aromatic N) is 1. The van der Waals surface area contributed by atoms with E-state index in [-0.39, 0.29) is 12.7 Å². The minimum absolute atomic E-state index is 0.0849. The predicted octanol–water partition coefficient (Wildman–Crippen LogP) is 1.62. The normalized spacial score (nSPS) is 15.5. The number of aliphatic hydroxyl groups is 1. The lowest BCUT2D eigenvalue weighted by Gasteiger charge is -2.22. The van der Waals surface area contributed by atoms with Gasteiger partial charge in [-0.1, -0.05) is 18.2 Å². The highest BCUT2D eigenvalue weighted by atomic mass is 16.5. The van der Waals surface area contributed by atoms with Crippen LogP contribution in [0.4, 0.5) is 0 Å². The van der Waals surface area contributed by atoms with Gasteiger partial charge in [0, 0.05) is 13.0 Å². The summed E-state index contributed by atoms with van der Waals surface area (Å²) in [6, 6.07) is 9.63. The van der Waals surface area contributed by atoms with Gasteiger partial charge >= 0.3 is 0 Å². The number of para-hydroxylation sites is 1. The van der Waals surface area contributed by atoms with Crippen molar-refractivity contribution in [1.82, 2.24) is 0 Å². The van der Waals surface area contributed by atoms with Crippen molar-refractivity contribution in [3.63, 3.8) is 0 Å². The summed E-state index contributed by atoms with van der Waals surface area (Å²) in [6.45, 7) is 3.66. The van der Waals surface area contributed by atoms with E-state index < -0.39 is 5.54 Å². The highest BCUT2D eigenvalue weighted by Gasteiger charge is 2.22. The number of nitrogens with two attached hydrogens (primary N) is 1. The van der Waals surface area contributed by atoms with E-state index in [1.54, 1.807) is 6.92 Å². The molecule has 18 heavy (non-hydrogen) atoms. The zero-order chi connectivity index (χ0) is 13.6. The van der Waals surface area contributed by atoms with Crippen LogP contribution in [0, 0.1) is 11.3 Å². The Morgan fingerprint density at radius 1 is 1.50 bits per heavy atom. The Morgan fingerprint density at radius 3 is 2.78 bits per heavy atom. The maximum atomic E-state index is 8.98. The van der Waals surface area contributed by atoms with E-state index in [1.807, 2.05) is 31.2 Å². The van der Waals surface area contributed by atoms with Crippen molar-refractivity contribution < 1.29 is 9.84 Å². The molecule has 1 aromatic carbocycles. The van der Waals surface area contributed by atoms with Crippen LogP contribution in [0.25, 0.3) is 0 Å². The molecule has 0 spiro atoms. The van der Waals surface area contributed by atoms with E-state index in [0.717, 1.165) is 11.3 Å². The molecule has 0 saturated heterocycles. The molecule has 0 bridgehead atoms. The summed E-state index contributed by atoms with van der Waals surface area (Å²) in [5.41, 5.74) is 5.86. The lowest BCUT2D eigenvalue weighted by molar-refractivity contribution is 0.188. The van der Waals surface area contributed by atoms with E-state index in [0.29, 0.717) is 12.8 Å². The van der Waals surface area contributed by atoms with Crippen molar-refractivity contribution in [2.75, 3.05) is 6.61 Å². The fourth-order valence-corrected chi connectivity index (χ4v) is 1.85. The summed E-state index contributed by atoms with van der Waals surface area (Å²) in [7, 11) is 0. The summed E-state index contributed by atoms with van der Waals surface area (Å²) < 4.78 is 5.79. The van der Waals surface area contributed by atoms with Crippen molar-refractivity contribution in [3.05, 3.63) is 29.8 Å². The van der Waals surface area contributed by atoms with Crippen molar-refractivity contribution in [1.29, 1.82) is 5.26 Å². The monoisotopic (exact) mass is 248 g/mol. The molecule has 2 unspecified atom stereocenters. The molecule has 0 aliphatic rings. The second-order valence-electron chi connectivity index (χ2n) is 4.74. The lowest BCUT2D eigenvalue weighted by Crippen LogP contribution is -2.38. The van der Waals surface area contributed by atoms with Crippen molar-refractivity contribution in [3.8, 4) is 11.8 Å². The van der Waals surface area contributed by atoms with Gasteiger partial charge in [0.25, 0.3) is 0 Å². The SMILES string of the molecule is CC(CC(C)(N)C#N)Oc1ccccc1CCO. The van der Waals surface area contributed by atoms with Crippen LogP contribution in [0.15, 0.2) is 24.3 Å². The highest BCUT2D eigenvalue weighted by molar-refractivity contribution is 5.33. The molecule has 4 nitrogen and oxygen atoms in total. The first-order valence-corrected chi connectivity index (χ1v) is 6.04. The van der Waals surface area contributed by atoms with Crippen LogP contribution in [0.5, 0.6) is 5.75 Å². The molecule has 2 atom stereocenters. The number of ether oxygens (including phenoxy) is 1. The van der Waals surface area contributed by atoms with Crippen LogP contribution in [-0.4, -0.2) is 23.4 Å². The van der Waals surface area contributed by atoms with Crippen molar-refractivity contribution >= 4 is 0 Å². The van der Waals surface area contributed by atoms with Gasteiger partial charge in [0.05, 0.1) is 12.2 Å². The Balaban J connectivity index is 2.70. The number of benzene rings is 1. The van der Waals surface area contributed by atoms with E-state index >= 15 is 0 Å². The molecule has 0 aromatic heterocycles. The third-order valence-corrected chi connectivity index (χ3v) is 2.65. The van der Waals surface area contributed by atoms with Crippen LogP contribution in [0.2, 0.25) is 0 Å². The molecule has 0 radical (unpaired) electrons. The molecule has 98 valence electrons. The first-order valence-electron chi connectivity index (χ1n) is 6.04. The molecular formula is C14H20N2O2. The quantitative estimate of drug-likeness (QED) is 0.801. The Hall–Kier alpha value is -1.57. The number of hydrogen-bond donors (Lipinski definition) is 2. The predicted molar refractivity (Wildman–Crippen MR) is 70.1 cm³/mol. The zero-order valence-electron chi connectivity index (χ0n) is 10.9. The third kappa shape index (κ3) is 4.36. The minimum atomic E-state index is -0.884. The Labute approximate surface area is 108 Å². The van der Waals surface area contributed by atoms with Crippen molar-refractivity contribution in [2.24, 2.45) is 5.73 Å². The first-order chi connectivity index (χ1) is 8.48. The second kappa shape index (κ2) is 6.39. The maximum absolute atomic E-state index is 8.98.